The minimum atomic E-state index is 0.166. The Bertz CT molecular complexity index is 531. The number of unbranched alkanes of at least 4 members (excludes halogenated alkanes) is 16. The van der Waals surface area contributed by atoms with Crippen molar-refractivity contribution in [3.63, 3.8) is 0 Å². The van der Waals surface area contributed by atoms with Crippen LogP contribution in [0.5, 0.6) is 0 Å². The quantitative estimate of drug-likeness (QED) is 0.149. The van der Waals surface area contributed by atoms with E-state index >= 15 is 0 Å². The van der Waals surface area contributed by atoms with Crippen LogP contribution < -0.4 is 5.73 Å². The molecule has 2 N–H and O–H groups in total. The van der Waals surface area contributed by atoms with Gasteiger partial charge in [-0.2, -0.15) is 0 Å². The molecule has 34 heavy (non-hydrogen) atoms. The van der Waals surface area contributed by atoms with E-state index in [1.807, 2.05) is 0 Å². The molecule has 0 amide bonds. The summed E-state index contributed by atoms with van der Waals surface area (Å²) < 4.78 is 0. The summed E-state index contributed by atoms with van der Waals surface area (Å²) in [6.07, 6.45) is 30.3. The van der Waals surface area contributed by atoms with Gasteiger partial charge in [-0.1, -0.05) is 173 Å². The summed E-state index contributed by atoms with van der Waals surface area (Å²) in [7, 11) is 0. The summed E-state index contributed by atoms with van der Waals surface area (Å²) in [5, 5.41) is 0. The predicted molar refractivity (Wildman–Crippen MR) is 155 cm³/mol. The molecule has 1 aromatic carbocycles. The number of hydrogen-bond acceptors (Lipinski definition) is 1. The van der Waals surface area contributed by atoms with Crippen molar-refractivity contribution in [2.75, 3.05) is 0 Å². The third-order valence-electron chi connectivity index (χ3n) is 8.07. The molecular weight excluding hydrogens is 410 g/mol. The lowest BCUT2D eigenvalue weighted by Gasteiger charge is -2.40. The largest absolute Gasteiger partial charge is 0.327 e. The summed E-state index contributed by atoms with van der Waals surface area (Å²) in [6, 6.07) is 11.4. The third kappa shape index (κ3) is 13.3. The highest BCUT2D eigenvalue weighted by molar-refractivity contribution is 5.27. The molecule has 1 rings (SSSR count). The van der Waals surface area contributed by atoms with Crippen molar-refractivity contribution in [2.24, 2.45) is 5.73 Å². The van der Waals surface area contributed by atoms with Crippen LogP contribution in [0, 0.1) is 0 Å². The molecule has 0 heterocycles. The van der Waals surface area contributed by atoms with Crippen LogP contribution in [0.2, 0.25) is 0 Å². The van der Waals surface area contributed by atoms with Crippen molar-refractivity contribution in [2.45, 2.75) is 173 Å². The number of hydrogen-bond donors (Lipinski definition) is 1. The highest BCUT2D eigenvalue weighted by Crippen LogP contribution is 2.38. The Morgan fingerprint density at radius 3 is 1.29 bits per heavy atom. The molecule has 1 atom stereocenters. The normalized spacial score (nSPS) is 12.8. The third-order valence-corrected chi connectivity index (χ3v) is 8.07. The van der Waals surface area contributed by atoms with Crippen LogP contribution >= 0.6 is 0 Å². The van der Waals surface area contributed by atoms with E-state index < -0.39 is 0 Å². The van der Waals surface area contributed by atoms with Gasteiger partial charge in [0.1, 0.15) is 0 Å². The van der Waals surface area contributed by atoms with Gasteiger partial charge in [0.15, 0.2) is 0 Å². The van der Waals surface area contributed by atoms with Gasteiger partial charge in [0.05, 0.1) is 0 Å². The molecule has 0 radical (unpaired) electrons. The summed E-state index contributed by atoms with van der Waals surface area (Å²) >= 11 is 0. The second-order valence-electron chi connectivity index (χ2n) is 11.1. The molecular formula is C33H61N. The zero-order valence-electron chi connectivity index (χ0n) is 23.6. The summed E-state index contributed by atoms with van der Waals surface area (Å²) in [6.45, 7) is 6.93. The zero-order valence-corrected chi connectivity index (χ0v) is 23.6. The number of nitrogens with two attached hydrogens (primary N) is 1. The van der Waals surface area contributed by atoms with Gasteiger partial charge in [0, 0.05) is 11.5 Å². The Morgan fingerprint density at radius 1 is 0.529 bits per heavy atom. The predicted octanol–water partition coefficient (Wildman–Crippen LogP) is 10.9. The molecule has 198 valence electrons. The average molecular weight is 472 g/mol. The number of rotatable bonds is 24. The second-order valence-corrected chi connectivity index (χ2v) is 11.1. The van der Waals surface area contributed by atoms with Gasteiger partial charge >= 0.3 is 0 Å². The fourth-order valence-electron chi connectivity index (χ4n) is 6.03. The Kier molecular flexibility index (Phi) is 19.7. The lowest BCUT2D eigenvalue weighted by atomic mass is 9.67. The Hall–Kier alpha value is -0.820. The SMILES string of the molecule is CCCCCCCCCCCCCCCCCCCC(N)C(CCC)(CCC)c1ccccc1. The topological polar surface area (TPSA) is 26.0 Å². The van der Waals surface area contributed by atoms with Gasteiger partial charge < -0.3 is 5.73 Å². The van der Waals surface area contributed by atoms with E-state index in [9.17, 15) is 0 Å². The number of benzene rings is 1. The Balaban J connectivity index is 2.08. The molecule has 0 aliphatic heterocycles. The summed E-state index contributed by atoms with van der Waals surface area (Å²) in [4.78, 5) is 0. The first-order chi connectivity index (χ1) is 16.7. The molecule has 1 nitrogen and oxygen atoms in total. The lowest BCUT2D eigenvalue weighted by Crippen LogP contribution is -2.45. The van der Waals surface area contributed by atoms with Crippen molar-refractivity contribution in [3.05, 3.63) is 35.9 Å². The van der Waals surface area contributed by atoms with Crippen LogP contribution in [-0.4, -0.2) is 6.04 Å². The molecule has 0 aliphatic rings. The first kappa shape index (κ1) is 31.2. The van der Waals surface area contributed by atoms with Crippen molar-refractivity contribution in [1.29, 1.82) is 0 Å². The van der Waals surface area contributed by atoms with Crippen molar-refractivity contribution < 1.29 is 0 Å². The van der Waals surface area contributed by atoms with Crippen LogP contribution in [0.3, 0.4) is 0 Å². The summed E-state index contributed by atoms with van der Waals surface area (Å²) in [5.41, 5.74) is 8.56. The smallest absolute Gasteiger partial charge is 0.0136 e. The standard InChI is InChI=1S/C33H61N/c1-4-7-8-9-10-11-12-13-14-15-16-17-18-19-20-21-25-28-32(34)33(29-5-2,30-6-3)31-26-23-22-24-27-31/h22-24,26-27,32H,4-21,25,28-30,34H2,1-3H3. The Labute approximate surface area is 215 Å². The maximum Gasteiger partial charge on any atom is 0.0136 e. The van der Waals surface area contributed by atoms with Gasteiger partial charge in [0.2, 0.25) is 0 Å². The van der Waals surface area contributed by atoms with Gasteiger partial charge in [-0.05, 0) is 24.8 Å². The molecule has 0 spiro atoms. The van der Waals surface area contributed by atoms with E-state index in [1.54, 1.807) is 0 Å². The molecule has 0 bridgehead atoms. The molecule has 1 heteroatoms. The molecule has 0 saturated heterocycles. The van der Waals surface area contributed by atoms with Gasteiger partial charge in [-0.15, -0.1) is 0 Å². The van der Waals surface area contributed by atoms with Crippen LogP contribution in [0.1, 0.15) is 168 Å². The highest BCUT2D eigenvalue weighted by atomic mass is 14.7. The fourth-order valence-corrected chi connectivity index (χ4v) is 6.03. The lowest BCUT2D eigenvalue weighted by molar-refractivity contribution is 0.272. The molecule has 0 saturated carbocycles. The van der Waals surface area contributed by atoms with E-state index in [4.69, 9.17) is 5.73 Å². The maximum absolute atomic E-state index is 6.92. The first-order valence-corrected chi connectivity index (χ1v) is 15.5. The fraction of sp³-hybridized carbons (Fsp3) is 0.818. The molecule has 1 unspecified atom stereocenters. The van der Waals surface area contributed by atoms with E-state index in [0.717, 1.165) is 0 Å². The van der Waals surface area contributed by atoms with Crippen molar-refractivity contribution >= 4 is 0 Å². The highest BCUT2D eigenvalue weighted by Gasteiger charge is 2.36. The van der Waals surface area contributed by atoms with Crippen LogP contribution in [0.15, 0.2) is 30.3 Å². The van der Waals surface area contributed by atoms with Crippen molar-refractivity contribution in [3.8, 4) is 0 Å². The van der Waals surface area contributed by atoms with Crippen LogP contribution in [0.4, 0.5) is 0 Å². The van der Waals surface area contributed by atoms with E-state index in [0.29, 0.717) is 0 Å². The van der Waals surface area contributed by atoms with E-state index in [1.165, 1.54) is 147 Å². The zero-order chi connectivity index (χ0) is 24.7. The molecule has 0 fully saturated rings. The van der Waals surface area contributed by atoms with Gasteiger partial charge in [-0.25, -0.2) is 0 Å². The monoisotopic (exact) mass is 471 g/mol. The van der Waals surface area contributed by atoms with Crippen LogP contribution in [0.25, 0.3) is 0 Å². The van der Waals surface area contributed by atoms with Gasteiger partial charge in [0.25, 0.3) is 0 Å². The first-order valence-electron chi connectivity index (χ1n) is 15.5. The summed E-state index contributed by atoms with van der Waals surface area (Å²) in [5.74, 6) is 0. The molecule has 0 aliphatic carbocycles. The second kappa shape index (κ2) is 21.5. The van der Waals surface area contributed by atoms with Crippen molar-refractivity contribution in [1.82, 2.24) is 0 Å². The Morgan fingerprint density at radius 2 is 0.912 bits per heavy atom. The molecule has 1 aromatic rings. The van der Waals surface area contributed by atoms with E-state index in [2.05, 4.69) is 51.1 Å². The van der Waals surface area contributed by atoms with Crippen LogP contribution in [-0.2, 0) is 5.41 Å². The van der Waals surface area contributed by atoms with Gasteiger partial charge in [-0.3, -0.25) is 0 Å². The molecule has 0 aromatic heterocycles. The average Bonchev–Trinajstić information content (AvgIpc) is 2.86. The maximum atomic E-state index is 6.92. The minimum Gasteiger partial charge on any atom is -0.327 e. The minimum absolute atomic E-state index is 0.166. The van der Waals surface area contributed by atoms with E-state index in [-0.39, 0.29) is 11.5 Å².